The fraction of sp³-hybridized carbons (Fsp3) is 0.421. The molecule has 1 unspecified atom stereocenters. The van der Waals surface area contributed by atoms with Crippen molar-refractivity contribution >= 4 is 29.1 Å². The maximum atomic E-state index is 12.1. The van der Waals surface area contributed by atoms with Crippen molar-refractivity contribution in [3.05, 3.63) is 48.3 Å². The lowest BCUT2D eigenvalue weighted by Crippen LogP contribution is -2.40. The summed E-state index contributed by atoms with van der Waals surface area (Å²) in [6.45, 7) is 1.65. The van der Waals surface area contributed by atoms with E-state index in [1.165, 1.54) is 0 Å². The van der Waals surface area contributed by atoms with Gasteiger partial charge in [-0.25, -0.2) is 9.97 Å². The third kappa shape index (κ3) is 5.16. The predicted molar refractivity (Wildman–Crippen MR) is 100 cm³/mol. The van der Waals surface area contributed by atoms with Crippen molar-refractivity contribution < 1.29 is 4.79 Å². The Kier molecular flexibility index (Phi) is 6.23. The molecule has 1 aliphatic heterocycles. The van der Waals surface area contributed by atoms with Crippen LogP contribution in [0.2, 0.25) is 0 Å². The SMILES string of the molecule is O=C(CCCl)N1CCCC(Cc2cccc(Nc3ccccn3)n2)C1. The van der Waals surface area contributed by atoms with Gasteiger partial charge in [0.15, 0.2) is 0 Å². The molecule has 25 heavy (non-hydrogen) atoms. The molecule has 0 bridgehead atoms. The predicted octanol–water partition coefficient (Wildman–Crippen LogP) is 3.63. The maximum absolute atomic E-state index is 12.1. The molecule has 1 saturated heterocycles. The fourth-order valence-electron chi connectivity index (χ4n) is 3.22. The number of pyridine rings is 2. The van der Waals surface area contributed by atoms with Crippen LogP contribution in [-0.2, 0) is 11.2 Å². The minimum Gasteiger partial charge on any atom is -0.342 e. The average Bonchev–Trinajstić information content (AvgIpc) is 2.63. The van der Waals surface area contributed by atoms with Gasteiger partial charge < -0.3 is 10.2 Å². The Hall–Kier alpha value is -2.14. The van der Waals surface area contributed by atoms with E-state index < -0.39 is 0 Å². The minimum atomic E-state index is 0.165. The largest absolute Gasteiger partial charge is 0.342 e. The number of nitrogens with one attached hydrogen (secondary N) is 1. The highest BCUT2D eigenvalue weighted by molar-refractivity contribution is 6.18. The first kappa shape index (κ1) is 17.7. The van der Waals surface area contributed by atoms with Gasteiger partial charge in [-0.15, -0.1) is 11.6 Å². The van der Waals surface area contributed by atoms with E-state index in [1.807, 2.05) is 41.3 Å². The molecule has 0 radical (unpaired) electrons. The zero-order chi connectivity index (χ0) is 17.5. The zero-order valence-corrected chi connectivity index (χ0v) is 15.0. The van der Waals surface area contributed by atoms with Crippen LogP contribution in [-0.4, -0.2) is 39.7 Å². The van der Waals surface area contributed by atoms with Gasteiger partial charge in [0.2, 0.25) is 5.91 Å². The minimum absolute atomic E-state index is 0.165. The summed E-state index contributed by atoms with van der Waals surface area (Å²) in [4.78, 5) is 23.0. The van der Waals surface area contributed by atoms with Crippen molar-refractivity contribution in [2.24, 2.45) is 5.92 Å². The summed E-state index contributed by atoms with van der Waals surface area (Å²) < 4.78 is 0. The molecule has 3 rings (SSSR count). The summed E-state index contributed by atoms with van der Waals surface area (Å²) >= 11 is 5.70. The highest BCUT2D eigenvalue weighted by Gasteiger charge is 2.23. The lowest BCUT2D eigenvalue weighted by Gasteiger charge is -2.32. The van der Waals surface area contributed by atoms with Gasteiger partial charge in [-0.2, -0.15) is 0 Å². The van der Waals surface area contributed by atoms with Crippen molar-refractivity contribution in [1.29, 1.82) is 0 Å². The van der Waals surface area contributed by atoms with Crippen LogP contribution in [0.5, 0.6) is 0 Å². The molecule has 1 aliphatic rings. The fourth-order valence-corrected chi connectivity index (χ4v) is 3.39. The molecule has 1 N–H and O–H groups in total. The quantitative estimate of drug-likeness (QED) is 0.801. The first-order chi connectivity index (χ1) is 12.2. The summed E-state index contributed by atoms with van der Waals surface area (Å²) in [5, 5.41) is 3.22. The Labute approximate surface area is 153 Å². The summed E-state index contributed by atoms with van der Waals surface area (Å²) in [5.41, 5.74) is 1.04. The van der Waals surface area contributed by atoms with Crippen molar-refractivity contribution in [2.45, 2.75) is 25.7 Å². The molecule has 1 atom stereocenters. The number of hydrogen-bond donors (Lipinski definition) is 1. The Bertz CT molecular complexity index is 695. The van der Waals surface area contributed by atoms with Gasteiger partial charge in [0, 0.05) is 37.3 Å². The molecule has 0 aromatic carbocycles. The number of carbonyl (C=O) groups is 1. The molecule has 6 heteroatoms. The number of piperidine rings is 1. The Morgan fingerprint density at radius 3 is 2.92 bits per heavy atom. The lowest BCUT2D eigenvalue weighted by molar-refractivity contribution is -0.132. The number of alkyl halides is 1. The van der Waals surface area contributed by atoms with E-state index in [1.54, 1.807) is 6.20 Å². The number of halogens is 1. The summed E-state index contributed by atoms with van der Waals surface area (Å²) in [7, 11) is 0. The summed E-state index contributed by atoms with van der Waals surface area (Å²) in [6.07, 6.45) is 5.23. The molecule has 1 amide bonds. The first-order valence-corrected chi connectivity index (χ1v) is 9.26. The molecule has 0 aliphatic carbocycles. The molecule has 132 valence electrons. The second-order valence-corrected chi connectivity index (χ2v) is 6.72. The van der Waals surface area contributed by atoms with Crippen molar-refractivity contribution in [1.82, 2.24) is 14.9 Å². The van der Waals surface area contributed by atoms with Crippen LogP contribution in [0.1, 0.15) is 25.0 Å². The Morgan fingerprint density at radius 2 is 2.12 bits per heavy atom. The third-order valence-corrected chi connectivity index (χ3v) is 4.59. The van der Waals surface area contributed by atoms with E-state index in [4.69, 9.17) is 16.6 Å². The van der Waals surface area contributed by atoms with E-state index >= 15 is 0 Å². The smallest absolute Gasteiger partial charge is 0.223 e. The molecular formula is C19H23ClN4O. The second-order valence-electron chi connectivity index (χ2n) is 6.35. The van der Waals surface area contributed by atoms with E-state index in [2.05, 4.69) is 10.3 Å². The number of aromatic nitrogens is 2. The lowest BCUT2D eigenvalue weighted by atomic mass is 9.93. The Morgan fingerprint density at radius 1 is 1.24 bits per heavy atom. The van der Waals surface area contributed by atoms with E-state index in [0.717, 1.165) is 49.7 Å². The van der Waals surface area contributed by atoms with Gasteiger partial charge >= 0.3 is 0 Å². The molecule has 5 nitrogen and oxygen atoms in total. The van der Waals surface area contributed by atoms with Crippen LogP contribution >= 0.6 is 11.6 Å². The van der Waals surface area contributed by atoms with Gasteiger partial charge in [0.1, 0.15) is 11.6 Å². The zero-order valence-electron chi connectivity index (χ0n) is 14.2. The number of hydrogen-bond acceptors (Lipinski definition) is 4. The third-order valence-electron chi connectivity index (χ3n) is 4.41. The standard InChI is InChI=1S/C19H23ClN4O/c20-10-9-19(25)24-12-4-5-15(14-24)13-16-6-3-8-18(22-16)23-17-7-1-2-11-21-17/h1-3,6-8,11,15H,4-5,9-10,12-14H2,(H,21,22,23). The number of likely N-dealkylation sites (tertiary alicyclic amines) is 1. The Balaban J connectivity index is 1.61. The van der Waals surface area contributed by atoms with Crippen molar-refractivity contribution in [3.8, 4) is 0 Å². The molecule has 3 heterocycles. The first-order valence-electron chi connectivity index (χ1n) is 8.72. The van der Waals surface area contributed by atoms with Crippen molar-refractivity contribution in [2.75, 3.05) is 24.3 Å². The second kappa shape index (κ2) is 8.81. The van der Waals surface area contributed by atoms with Crippen LogP contribution in [0, 0.1) is 5.92 Å². The molecule has 0 saturated carbocycles. The van der Waals surface area contributed by atoms with Crippen LogP contribution in [0.4, 0.5) is 11.6 Å². The van der Waals surface area contributed by atoms with E-state index in [0.29, 0.717) is 18.2 Å². The van der Waals surface area contributed by atoms with Gasteiger partial charge in [-0.1, -0.05) is 12.1 Å². The van der Waals surface area contributed by atoms with Crippen molar-refractivity contribution in [3.63, 3.8) is 0 Å². The van der Waals surface area contributed by atoms with Gasteiger partial charge in [0.05, 0.1) is 0 Å². The van der Waals surface area contributed by atoms with E-state index in [-0.39, 0.29) is 5.91 Å². The highest BCUT2D eigenvalue weighted by atomic mass is 35.5. The summed E-state index contributed by atoms with van der Waals surface area (Å²) in [6, 6.07) is 11.7. The number of nitrogens with zero attached hydrogens (tertiary/aromatic N) is 3. The number of anilines is 2. The molecule has 1 fully saturated rings. The van der Waals surface area contributed by atoms with Crippen LogP contribution in [0.15, 0.2) is 42.6 Å². The normalized spacial score (nSPS) is 17.3. The molecule has 0 spiro atoms. The topological polar surface area (TPSA) is 58.1 Å². The molecule has 2 aromatic rings. The average molecular weight is 359 g/mol. The molecular weight excluding hydrogens is 336 g/mol. The van der Waals surface area contributed by atoms with Crippen LogP contribution in [0.25, 0.3) is 0 Å². The maximum Gasteiger partial charge on any atom is 0.223 e. The van der Waals surface area contributed by atoms with Gasteiger partial charge in [0.25, 0.3) is 0 Å². The number of amides is 1. The number of rotatable bonds is 6. The van der Waals surface area contributed by atoms with E-state index in [9.17, 15) is 4.79 Å². The van der Waals surface area contributed by atoms with Crippen LogP contribution in [0.3, 0.4) is 0 Å². The summed E-state index contributed by atoms with van der Waals surface area (Å²) in [5.74, 6) is 2.58. The van der Waals surface area contributed by atoms with Gasteiger partial charge in [-0.05, 0) is 49.4 Å². The number of carbonyl (C=O) groups excluding carboxylic acids is 1. The van der Waals surface area contributed by atoms with Crippen LogP contribution < -0.4 is 5.32 Å². The highest BCUT2D eigenvalue weighted by Crippen LogP contribution is 2.22. The molecule has 2 aromatic heterocycles. The monoisotopic (exact) mass is 358 g/mol. The van der Waals surface area contributed by atoms with Gasteiger partial charge in [-0.3, -0.25) is 4.79 Å².